The summed E-state index contributed by atoms with van der Waals surface area (Å²) in [7, 11) is 0. The van der Waals surface area contributed by atoms with Gasteiger partial charge in [-0.3, -0.25) is 9.48 Å². The first-order valence-electron chi connectivity index (χ1n) is 8.13. The zero-order chi connectivity index (χ0) is 16.7. The summed E-state index contributed by atoms with van der Waals surface area (Å²) in [6, 6.07) is 9.79. The predicted octanol–water partition coefficient (Wildman–Crippen LogP) is 4.34. The van der Waals surface area contributed by atoms with Gasteiger partial charge in [-0.2, -0.15) is 5.10 Å². The van der Waals surface area contributed by atoms with Gasteiger partial charge in [0.05, 0.1) is 17.1 Å². The lowest BCUT2D eigenvalue weighted by atomic mass is 10.2. The molecule has 0 N–H and O–H groups in total. The van der Waals surface area contributed by atoms with E-state index in [2.05, 4.69) is 5.10 Å². The van der Waals surface area contributed by atoms with Gasteiger partial charge in [-0.15, -0.1) is 11.3 Å². The molecule has 0 aliphatic carbocycles. The largest absolute Gasteiger partial charge is 0.338 e. The van der Waals surface area contributed by atoms with E-state index in [1.54, 1.807) is 0 Å². The maximum absolute atomic E-state index is 12.6. The maximum atomic E-state index is 12.6. The summed E-state index contributed by atoms with van der Waals surface area (Å²) in [4.78, 5) is 16.4. The Kier molecular flexibility index (Phi) is 4.06. The van der Waals surface area contributed by atoms with Crippen LogP contribution in [0.5, 0.6) is 0 Å². The molecule has 6 heteroatoms. The lowest BCUT2D eigenvalue weighted by molar-refractivity contribution is 0.0797. The van der Waals surface area contributed by atoms with Crippen molar-refractivity contribution in [1.82, 2.24) is 14.7 Å². The molecule has 1 fully saturated rings. The van der Waals surface area contributed by atoms with Crippen LogP contribution in [0.25, 0.3) is 10.2 Å². The number of likely N-dealkylation sites (tertiary alicyclic amines) is 1. The van der Waals surface area contributed by atoms with E-state index in [1.807, 2.05) is 46.8 Å². The summed E-state index contributed by atoms with van der Waals surface area (Å²) in [5.41, 5.74) is 1.98. The van der Waals surface area contributed by atoms with Crippen molar-refractivity contribution in [3.05, 3.63) is 51.5 Å². The molecule has 4 nitrogen and oxygen atoms in total. The third kappa shape index (κ3) is 2.72. The predicted molar refractivity (Wildman–Crippen MR) is 98.0 cm³/mol. The molecule has 1 aliphatic heterocycles. The molecular formula is C18H18ClN3OS. The number of nitrogens with zero attached hydrogens (tertiary/aromatic N) is 3. The molecule has 24 heavy (non-hydrogen) atoms. The lowest BCUT2D eigenvalue weighted by Crippen LogP contribution is -2.26. The van der Waals surface area contributed by atoms with Crippen LogP contribution in [-0.4, -0.2) is 33.7 Å². The Morgan fingerprint density at radius 1 is 1.29 bits per heavy atom. The zero-order valence-corrected chi connectivity index (χ0v) is 15.0. The monoisotopic (exact) mass is 359 g/mol. The van der Waals surface area contributed by atoms with Gasteiger partial charge < -0.3 is 4.90 Å². The molecule has 4 rings (SSSR count). The van der Waals surface area contributed by atoms with E-state index < -0.39 is 0 Å². The smallest absolute Gasteiger partial charge is 0.264 e. The minimum Gasteiger partial charge on any atom is -0.338 e. The van der Waals surface area contributed by atoms with Crippen molar-refractivity contribution in [2.24, 2.45) is 0 Å². The Hall–Kier alpha value is -1.85. The minimum atomic E-state index is 0.150. The first kappa shape index (κ1) is 15.7. The number of halogens is 1. The fourth-order valence-electron chi connectivity index (χ4n) is 3.19. The second-order valence-electron chi connectivity index (χ2n) is 6.16. The molecule has 3 heterocycles. The molecule has 0 bridgehead atoms. The van der Waals surface area contributed by atoms with Crippen LogP contribution in [-0.2, 0) is 6.54 Å². The molecule has 1 saturated heterocycles. The van der Waals surface area contributed by atoms with Crippen molar-refractivity contribution in [2.45, 2.75) is 26.3 Å². The van der Waals surface area contributed by atoms with Crippen molar-refractivity contribution < 1.29 is 4.79 Å². The van der Waals surface area contributed by atoms with Crippen LogP contribution in [0.4, 0.5) is 0 Å². The number of hydrogen-bond donors (Lipinski definition) is 0. The first-order valence-corrected chi connectivity index (χ1v) is 9.32. The van der Waals surface area contributed by atoms with E-state index in [4.69, 9.17) is 11.6 Å². The SMILES string of the molecule is Cc1nn(Cc2ccccc2Cl)c2sc(C(=O)N3CCCC3)cc12. The van der Waals surface area contributed by atoms with Gasteiger partial charge in [-0.1, -0.05) is 29.8 Å². The highest BCUT2D eigenvalue weighted by Gasteiger charge is 2.23. The Balaban J connectivity index is 1.69. The number of aryl methyl sites for hydroxylation is 1. The van der Waals surface area contributed by atoms with Gasteiger partial charge in [-0.05, 0) is 37.5 Å². The van der Waals surface area contributed by atoms with Gasteiger partial charge in [0.2, 0.25) is 0 Å². The number of thiophene rings is 1. The summed E-state index contributed by atoms with van der Waals surface area (Å²) >= 11 is 7.81. The summed E-state index contributed by atoms with van der Waals surface area (Å²) in [5.74, 6) is 0.150. The van der Waals surface area contributed by atoms with Crippen molar-refractivity contribution in [3.8, 4) is 0 Å². The highest BCUT2D eigenvalue weighted by atomic mass is 35.5. The highest BCUT2D eigenvalue weighted by Crippen LogP contribution is 2.31. The fourth-order valence-corrected chi connectivity index (χ4v) is 4.51. The fraction of sp³-hybridized carbons (Fsp3) is 0.333. The average molecular weight is 360 g/mol. The van der Waals surface area contributed by atoms with Gasteiger partial charge in [0.1, 0.15) is 4.83 Å². The van der Waals surface area contributed by atoms with E-state index in [-0.39, 0.29) is 5.91 Å². The van der Waals surface area contributed by atoms with Crippen molar-refractivity contribution in [1.29, 1.82) is 0 Å². The van der Waals surface area contributed by atoms with Gasteiger partial charge in [0, 0.05) is 23.5 Å². The van der Waals surface area contributed by atoms with E-state index in [0.717, 1.165) is 57.3 Å². The number of amides is 1. The average Bonchev–Trinajstić information content (AvgIpc) is 3.29. The molecule has 1 aliphatic rings. The molecule has 2 aromatic heterocycles. The van der Waals surface area contributed by atoms with E-state index >= 15 is 0 Å². The summed E-state index contributed by atoms with van der Waals surface area (Å²) in [5, 5.41) is 6.43. The van der Waals surface area contributed by atoms with Crippen LogP contribution in [0.2, 0.25) is 5.02 Å². The van der Waals surface area contributed by atoms with Gasteiger partial charge in [-0.25, -0.2) is 0 Å². The second-order valence-corrected chi connectivity index (χ2v) is 7.60. The molecular weight excluding hydrogens is 342 g/mol. The van der Waals surface area contributed by atoms with E-state index in [0.29, 0.717) is 6.54 Å². The molecule has 124 valence electrons. The number of carbonyl (C=O) groups is 1. The Morgan fingerprint density at radius 2 is 2.04 bits per heavy atom. The van der Waals surface area contributed by atoms with E-state index in [1.165, 1.54) is 11.3 Å². The molecule has 0 radical (unpaired) electrons. The number of hydrogen-bond acceptors (Lipinski definition) is 3. The van der Waals surface area contributed by atoms with Gasteiger partial charge in [0.15, 0.2) is 0 Å². The second kappa shape index (κ2) is 6.22. The van der Waals surface area contributed by atoms with Gasteiger partial charge >= 0.3 is 0 Å². The standard InChI is InChI=1S/C18H18ClN3OS/c1-12-14-10-16(17(23)21-8-4-5-9-21)24-18(14)22(20-12)11-13-6-2-3-7-15(13)19/h2-3,6-7,10H,4-5,8-9,11H2,1H3. The molecule has 0 spiro atoms. The van der Waals surface area contributed by atoms with Crippen LogP contribution < -0.4 is 0 Å². The lowest BCUT2D eigenvalue weighted by Gasteiger charge is -2.13. The van der Waals surface area contributed by atoms with Gasteiger partial charge in [0.25, 0.3) is 5.91 Å². The Bertz CT molecular complexity index is 908. The van der Waals surface area contributed by atoms with Crippen LogP contribution >= 0.6 is 22.9 Å². The number of aromatic nitrogens is 2. The number of fused-ring (bicyclic) bond motifs is 1. The van der Waals surface area contributed by atoms with Crippen LogP contribution in [0.3, 0.4) is 0 Å². The quantitative estimate of drug-likeness (QED) is 0.697. The minimum absolute atomic E-state index is 0.150. The molecule has 3 aromatic rings. The third-order valence-corrected chi connectivity index (χ3v) is 5.99. The number of carbonyl (C=O) groups excluding carboxylic acids is 1. The van der Waals surface area contributed by atoms with Crippen molar-refractivity contribution in [3.63, 3.8) is 0 Å². The van der Waals surface area contributed by atoms with Crippen molar-refractivity contribution in [2.75, 3.05) is 13.1 Å². The van der Waals surface area contributed by atoms with Crippen LogP contribution in [0.1, 0.15) is 33.8 Å². The zero-order valence-electron chi connectivity index (χ0n) is 13.5. The topological polar surface area (TPSA) is 38.1 Å². The molecule has 0 atom stereocenters. The van der Waals surface area contributed by atoms with E-state index in [9.17, 15) is 4.79 Å². The summed E-state index contributed by atoms with van der Waals surface area (Å²) < 4.78 is 1.96. The molecule has 1 amide bonds. The Morgan fingerprint density at radius 3 is 2.79 bits per heavy atom. The summed E-state index contributed by atoms with van der Waals surface area (Å²) in [6.07, 6.45) is 2.21. The van der Waals surface area contributed by atoms with Crippen LogP contribution in [0.15, 0.2) is 30.3 Å². The van der Waals surface area contributed by atoms with Crippen molar-refractivity contribution >= 4 is 39.1 Å². The first-order chi connectivity index (χ1) is 11.6. The highest BCUT2D eigenvalue weighted by molar-refractivity contribution is 7.20. The molecule has 0 saturated carbocycles. The third-order valence-electron chi connectivity index (χ3n) is 4.49. The number of benzene rings is 1. The summed E-state index contributed by atoms with van der Waals surface area (Å²) in [6.45, 7) is 4.35. The number of rotatable bonds is 3. The van der Waals surface area contributed by atoms with Crippen LogP contribution in [0, 0.1) is 6.92 Å². The maximum Gasteiger partial charge on any atom is 0.264 e. The normalized spacial score (nSPS) is 14.7. The molecule has 0 unspecified atom stereocenters. The molecule has 1 aromatic carbocycles. The Labute approximate surface area is 149 Å².